The molecule has 1 aliphatic rings. The van der Waals surface area contributed by atoms with E-state index in [2.05, 4.69) is 17.2 Å². The van der Waals surface area contributed by atoms with Crippen LogP contribution < -0.4 is 5.32 Å². The molecule has 0 aliphatic heterocycles. The zero-order valence-corrected chi connectivity index (χ0v) is 15.4. The summed E-state index contributed by atoms with van der Waals surface area (Å²) in [4.78, 5) is 30.5. The molecule has 5 nitrogen and oxygen atoms in total. The molecule has 0 saturated heterocycles. The second-order valence-corrected chi connectivity index (χ2v) is 6.78. The van der Waals surface area contributed by atoms with Gasteiger partial charge in [0.05, 0.1) is 6.04 Å². The number of fused-ring (bicyclic) bond motifs is 1. The summed E-state index contributed by atoms with van der Waals surface area (Å²) in [5.41, 5.74) is 3.58. The van der Waals surface area contributed by atoms with Crippen LogP contribution in [0.1, 0.15) is 60.1 Å². The zero-order chi connectivity index (χ0) is 18.5. The van der Waals surface area contributed by atoms with Crippen molar-refractivity contribution >= 4 is 17.5 Å². The lowest BCUT2D eigenvalue weighted by Crippen LogP contribution is -2.35. The number of rotatable bonds is 6. The van der Waals surface area contributed by atoms with E-state index in [0.717, 1.165) is 48.1 Å². The topological polar surface area (TPSA) is 62.3 Å². The Balaban J connectivity index is 1.74. The van der Waals surface area contributed by atoms with Crippen molar-refractivity contribution in [3.05, 3.63) is 59.4 Å². The molecule has 1 atom stereocenters. The average Bonchev–Trinajstić information content (AvgIpc) is 3.03. The van der Waals surface area contributed by atoms with E-state index in [0.29, 0.717) is 6.42 Å². The van der Waals surface area contributed by atoms with E-state index in [-0.39, 0.29) is 17.9 Å². The van der Waals surface area contributed by atoms with Gasteiger partial charge < -0.3 is 10.2 Å². The maximum absolute atomic E-state index is 12.8. The Hall–Kier alpha value is -2.69. The fraction of sp³-hybridized carbons (Fsp3) is 0.381. The van der Waals surface area contributed by atoms with Gasteiger partial charge in [0.2, 0.25) is 0 Å². The molecular formula is C21H25N3O2. The number of aromatic nitrogens is 1. The SMILES string of the molecule is CCCCC(c1cccnc1)N(C)C(=O)Nc1ccc2c(c1)CCC2=O. The predicted molar refractivity (Wildman–Crippen MR) is 102 cm³/mol. The molecule has 0 bridgehead atoms. The lowest BCUT2D eigenvalue weighted by Gasteiger charge is -2.28. The molecule has 5 heteroatoms. The predicted octanol–water partition coefficient (Wildman–Crippen LogP) is 4.61. The molecule has 1 aliphatic carbocycles. The van der Waals surface area contributed by atoms with Crippen LogP contribution in [-0.4, -0.2) is 28.7 Å². The highest BCUT2D eigenvalue weighted by Gasteiger charge is 2.23. The average molecular weight is 351 g/mol. The number of pyridine rings is 1. The summed E-state index contributed by atoms with van der Waals surface area (Å²) in [5.74, 6) is 0.186. The van der Waals surface area contributed by atoms with Crippen LogP contribution in [0.3, 0.4) is 0 Å². The number of amides is 2. The third kappa shape index (κ3) is 3.93. The molecule has 1 unspecified atom stereocenters. The number of carbonyl (C=O) groups excluding carboxylic acids is 2. The number of unbranched alkanes of at least 4 members (excludes halogenated alkanes) is 1. The van der Waals surface area contributed by atoms with Gasteiger partial charge in [-0.1, -0.05) is 25.8 Å². The normalized spacial score (nSPS) is 14.0. The number of hydrogen-bond donors (Lipinski definition) is 1. The van der Waals surface area contributed by atoms with Crippen LogP contribution in [0.5, 0.6) is 0 Å². The highest BCUT2D eigenvalue weighted by Crippen LogP contribution is 2.27. The van der Waals surface area contributed by atoms with Gasteiger partial charge in [-0.05, 0) is 48.2 Å². The highest BCUT2D eigenvalue weighted by molar-refractivity contribution is 6.01. The Morgan fingerprint density at radius 1 is 1.31 bits per heavy atom. The molecule has 0 radical (unpaired) electrons. The number of anilines is 1. The van der Waals surface area contributed by atoms with Gasteiger partial charge in [0.15, 0.2) is 5.78 Å². The quantitative estimate of drug-likeness (QED) is 0.827. The third-order valence-corrected chi connectivity index (χ3v) is 4.97. The molecule has 3 rings (SSSR count). The number of benzene rings is 1. The maximum atomic E-state index is 12.8. The van der Waals surface area contributed by atoms with Crippen molar-refractivity contribution in [1.29, 1.82) is 0 Å². The number of ketones is 1. The molecule has 0 saturated carbocycles. The van der Waals surface area contributed by atoms with Crippen molar-refractivity contribution in [2.45, 2.75) is 45.1 Å². The number of urea groups is 1. The lowest BCUT2D eigenvalue weighted by molar-refractivity contribution is 0.0994. The van der Waals surface area contributed by atoms with E-state index >= 15 is 0 Å². The molecule has 1 N–H and O–H groups in total. The summed E-state index contributed by atoms with van der Waals surface area (Å²) in [7, 11) is 1.82. The first-order valence-corrected chi connectivity index (χ1v) is 9.20. The first-order chi connectivity index (χ1) is 12.6. The monoisotopic (exact) mass is 351 g/mol. The molecule has 2 amide bonds. The maximum Gasteiger partial charge on any atom is 0.322 e. The third-order valence-electron chi connectivity index (χ3n) is 4.97. The number of nitrogens with zero attached hydrogens (tertiary/aromatic N) is 2. The summed E-state index contributed by atoms with van der Waals surface area (Å²) >= 11 is 0. The smallest absolute Gasteiger partial charge is 0.320 e. The van der Waals surface area contributed by atoms with Crippen LogP contribution >= 0.6 is 0 Å². The van der Waals surface area contributed by atoms with Crippen LogP contribution in [0.15, 0.2) is 42.7 Å². The van der Waals surface area contributed by atoms with Crippen LogP contribution in [0.2, 0.25) is 0 Å². The van der Waals surface area contributed by atoms with Gasteiger partial charge in [0, 0.05) is 37.1 Å². The van der Waals surface area contributed by atoms with Crippen LogP contribution in [0, 0.1) is 0 Å². The Morgan fingerprint density at radius 2 is 2.15 bits per heavy atom. The number of Topliss-reactive ketones (excluding diaryl/α,β-unsaturated/α-hetero) is 1. The van der Waals surface area contributed by atoms with Gasteiger partial charge in [-0.3, -0.25) is 9.78 Å². The van der Waals surface area contributed by atoms with Gasteiger partial charge in [-0.25, -0.2) is 4.79 Å². The van der Waals surface area contributed by atoms with Gasteiger partial charge >= 0.3 is 6.03 Å². The van der Waals surface area contributed by atoms with Crippen molar-refractivity contribution in [1.82, 2.24) is 9.88 Å². The summed E-state index contributed by atoms with van der Waals surface area (Å²) in [5, 5.41) is 2.97. The van der Waals surface area contributed by atoms with E-state index in [1.165, 1.54) is 0 Å². The molecule has 0 fully saturated rings. The molecule has 2 aromatic rings. The number of carbonyl (C=O) groups is 2. The molecule has 26 heavy (non-hydrogen) atoms. The van der Waals surface area contributed by atoms with Crippen molar-refractivity contribution in [3.8, 4) is 0 Å². The van der Waals surface area contributed by atoms with Crippen molar-refractivity contribution in [2.75, 3.05) is 12.4 Å². The summed E-state index contributed by atoms with van der Waals surface area (Å²) < 4.78 is 0. The Labute approximate surface area is 154 Å². The van der Waals surface area contributed by atoms with Gasteiger partial charge in [0.1, 0.15) is 0 Å². The van der Waals surface area contributed by atoms with Crippen LogP contribution in [-0.2, 0) is 6.42 Å². The largest absolute Gasteiger partial charge is 0.322 e. The Bertz CT molecular complexity index is 789. The number of nitrogens with one attached hydrogen (secondary N) is 1. The van der Waals surface area contributed by atoms with E-state index < -0.39 is 0 Å². The molecular weight excluding hydrogens is 326 g/mol. The lowest BCUT2D eigenvalue weighted by atomic mass is 10.0. The molecule has 0 spiro atoms. The minimum atomic E-state index is -0.153. The fourth-order valence-corrected chi connectivity index (χ4v) is 3.44. The second-order valence-electron chi connectivity index (χ2n) is 6.78. The molecule has 136 valence electrons. The highest BCUT2D eigenvalue weighted by atomic mass is 16.2. The van der Waals surface area contributed by atoms with Crippen molar-refractivity contribution < 1.29 is 9.59 Å². The van der Waals surface area contributed by atoms with Crippen molar-refractivity contribution in [3.63, 3.8) is 0 Å². The standard InChI is InChI=1S/C21H25N3O2/c1-3-4-7-19(16-6-5-12-22-14-16)24(2)21(26)23-17-9-10-18-15(13-17)8-11-20(18)25/h5-6,9-10,12-14,19H,3-4,7-8,11H2,1-2H3,(H,23,26). The Morgan fingerprint density at radius 3 is 2.88 bits per heavy atom. The Kier molecular flexibility index (Phi) is 5.66. The number of hydrogen-bond acceptors (Lipinski definition) is 3. The molecule has 1 aromatic heterocycles. The van der Waals surface area contributed by atoms with Gasteiger partial charge in [0.25, 0.3) is 0 Å². The van der Waals surface area contributed by atoms with E-state index in [4.69, 9.17) is 0 Å². The minimum Gasteiger partial charge on any atom is -0.320 e. The second kappa shape index (κ2) is 8.13. The summed E-state index contributed by atoms with van der Waals surface area (Å²) in [6, 6.07) is 9.28. The van der Waals surface area contributed by atoms with E-state index in [9.17, 15) is 9.59 Å². The van der Waals surface area contributed by atoms with E-state index in [1.807, 2.05) is 37.5 Å². The van der Waals surface area contributed by atoms with Gasteiger partial charge in [-0.2, -0.15) is 0 Å². The summed E-state index contributed by atoms with van der Waals surface area (Å²) in [6.45, 7) is 2.15. The first kappa shape index (κ1) is 18.1. The van der Waals surface area contributed by atoms with E-state index in [1.54, 1.807) is 17.2 Å². The van der Waals surface area contributed by atoms with Crippen LogP contribution in [0.25, 0.3) is 0 Å². The first-order valence-electron chi connectivity index (χ1n) is 9.20. The van der Waals surface area contributed by atoms with Crippen molar-refractivity contribution in [2.24, 2.45) is 0 Å². The number of aryl methyl sites for hydroxylation is 1. The molecule has 1 aromatic carbocycles. The minimum absolute atomic E-state index is 0.0142. The molecule has 1 heterocycles. The zero-order valence-electron chi connectivity index (χ0n) is 15.4. The summed E-state index contributed by atoms with van der Waals surface area (Å²) in [6.07, 6.45) is 7.89. The van der Waals surface area contributed by atoms with Crippen LogP contribution in [0.4, 0.5) is 10.5 Å². The fourth-order valence-electron chi connectivity index (χ4n) is 3.44. The van der Waals surface area contributed by atoms with Gasteiger partial charge in [-0.15, -0.1) is 0 Å².